The van der Waals surface area contributed by atoms with Crippen molar-refractivity contribution in [3.8, 4) is 0 Å². The van der Waals surface area contributed by atoms with Crippen LogP contribution < -0.4 is 5.32 Å². The van der Waals surface area contributed by atoms with Crippen LogP contribution in [-0.4, -0.2) is 10.2 Å². The lowest BCUT2D eigenvalue weighted by atomic mass is 10.2. The van der Waals surface area contributed by atoms with Gasteiger partial charge < -0.3 is 5.32 Å². The van der Waals surface area contributed by atoms with E-state index in [1.54, 1.807) is 0 Å². The van der Waals surface area contributed by atoms with Crippen molar-refractivity contribution < 1.29 is 13.2 Å². The van der Waals surface area contributed by atoms with Crippen LogP contribution in [0.1, 0.15) is 23.5 Å². The zero-order valence-corrected chi connectivity index (χ0v) is 10.3. The van der Waals surface area contributed by atoms with E-state index < -0.39 is 11.2 Å². The summed E-state index contributed by atoms with van der Waals surface area (Å²) in [6.07, 6.45) is -4.43. The molecule has 0 amide bonds. The largest absolute Gasteiger partial charge is 0.445 e. The molecule has 2 aromatic heterocycles. The number of anilines is 1. The van der Waals surface area contributed by atoms with E-state index in [4.69, 9.17) is 0 Å². The Hall–Kier alpha value is -1.15. The molecule has 0 fully saturated rings. The van der Waals surface area contributed by atoms with Crippen molar-refractivity contribution in [1.82, 2.24) is 10.2 Å². The molecule has 0 aliphatic carbocycles. The number of nitrogens with zero attached hydrogens (tertiary/aromatic N) is 2. The highest BCUT2D eigenvalue weighted by molar-refractivity contribution is 7.15. The van der Waals surface area contributed by atoms with Gasteiger partial charge in [0.2, 0.25) is 10.1 Å². The number of halogens is 3. The molecule has 0 aliphatic heterocycles. The average molecular weight is 279 g/mol. The molecule has 92 valence electrons. The third-order valence-electron chi connectivity index (χ3n) is 2.05. The fraction of sp³-hybridized carbons (Fsp3) is 0.333. The first kappa shape index (κ1) is 12.3. The number of hydrogen-bond acceptors (Lipinski definition) is 5. The number of alkyl halides is 3. The van der Waals surface area contributed by atoms with Crippen LogP contribution in [0.4, 0.5) is 18.3 Å². The van der Waals surface area contributed by atoms with Gasteiger partial charge in [0.15, 0.2) is 0 Å². The second kappa shape index (κ2) is 4.61. The SMILES string of the molecule is CC(Nc1nnc(C(F)(F)F)s1)c1ccsc1. The van der Waals surface area contributed by atoms with E-state index >= 15 is 0 Å². The van der Waals surface area contributed by atoms with Crippen molar-refractivity contribution in [3.05, 3.63) is 27.4 Å². The van der Waals surface area contributed by atoms with Gasteiger partial charge in [0.25, 0.3) is 0 Å². The van der Waals surface area contributed by atoms with Crippen LogP contribution in [-0.2, 0) is 6.18 Å². The summed E-state index contributed by atoms with van der Waals surface area (Å²) in [4.78, 5) is 0. The number of nitrogens with one attached hydrogen (secondary N) is 1. The molecule has 2 rings (SSSR count). The molecule has 1 unspecified atom stereocenters. The Morgan fingerprint density at radius 3 is 2.65 bits per heavy atom. The van der Waals surface area contributed by atoms with Gasteiger partial charge in [-0.1, -0.05) is 11.3 Å². The highest BCUT2D eigenvalue weighted by Gasteiger charge is 2.35. The van der Waals surface area contributed by atoms with Crippen LogP contribution in [0.5, 0.6) is 0 Å². The minimum absolute atomic E-state index is 0.0877. The molecular formula is C9H8F3N3S2. The molecule has 1 N–H and O–H groups in total. The summed E-state index contributed by atoms with van der Waals surface area (Å²) in [5.74, 6) is 0. The smallest absolute Gasteiger partial charge is 0.354 e. The molecular weight excluding hydrogens is 271 g/mol. The van der Waals surface area contributed by atoms with Crippen LogP contribution in [0.2, 0.25) is 0 Å². The lowest BCUT2D eigenvalue weighted by Gasteiger charge is -2.09. The van der Waals surface area contributed by atoms with Gasteiger partial charge in [-0.3, -0.25) is 0 Å². The Morgan fingerprint density at radius 2 is 2.12 bits per heavy atom. The van der Waals surface area contributed by atoms with Crippen molar-refractivity contribution in [2.45, 2.75) is 19.1 Å². The molecule has 0 bridgehead atoms. The first-order valence-electron chi connectivity index (χ1n) is 4.66. The molecule has 3 nitrogen and oxygen atoms in total. The maximum absolute atomic E-state index is 12.3. The molecule has 2 aromatic rings. The minimum Gasteiger partial charge on any atom is -0.354 e. The molecule has 2 heterocycles. The highest BCUT2D eigenvalue weighted by atomic mass is 32.1. The second-order valence-corrected chi connectivity index (χ2v) is 5.09. The summed E-state index contributed by atoms with van der Waals surface area (Å²) in [7, 11) is 0. The fourth-order valence-electron chi connectivity index (χ4n) is 1.19. The lowest BCUT2D eigenvalue weighted by Crippen LogP contribution is -2.04. The normalized spacial score (nSPS) is 13.6. The summed E-state index contributed by atoms with van der Waals surface area (Å²) < 4.78 is 36.9. The van der Waals surface area contributed by atoms with Crippen molar-refractivity contribution in [3.63, 3.8) is 0 Å². The van der Waals surface area contributed by atoms with Crippen LogP contribution in [0.3, 0.4) is 0 Å². The van der Waals surface area contributed by atoms with E-state index in [1.807, 2.05) is 23.8 Å². The number of aromatic nitrogens is 2. The van der Waals surface area contributed by atoms with E-state index in [0.29, 0.717) is 11.3 Å². The maximum atomic E-state index is 12.3. The highest BCUT2D eigenvalue weighted by Crippen LogP contribution is 2.34. The van der Waals surface area contributed by atoms with Crippen molar-refractivity contribution >= 4 is 27.8 Å². The van der Waals surface area contributed by atoms with Crippen LogP contribution in [0, 0.1) is 0 Å². The molecule has 0 saturated carbocycles. The first-order chi connectivity index (χ1) is 7.97. The zero-order valence-electron chi connectivity index (χ0n) is 8.65. The number of rotatable bonds is 3. The fourth-order valence-corrected chi connectivity index (χ4v) is 2.64. The molecule has 0 aliphatic rings. The Bertz CT molecular complexity index is 478. The van der Waals surface area contributed by atoms with Crippen molar-refractivity contribution in [2.75, 3.05) is 5.32 Å². The van der Waals surface area contributed by atoms with E-state index in [9.17, 15) is 13.2 Å². The molecule has 17 heavy (non-hydrogen) atoms. The topological polar surface area (TPSA) is 37.8 Å². The van der Waals surface area contributed by atoms with E-state index in [2.05, 4.69) is 15.5 Å². The number of hydrogen-bond donors (Lipinski definition) is 1. The van der Waals surface area contributed by atoms with Gasteiger partial charge >= 0.3 is 6.18 Å². The zero-order chi connectivity index (χ0) is 12.5. The van der Waals surface area contributed by atoms with Gasteiger partial charge in [-0.15, -0.1) is 10.2 Å². The monoisotopic (exact) mass is 279 g/mol. The summed E-state index contributed by atoms with van der Waals surface area (Å²) in [6.45, 7) is 1.86. The first-order valence-corrected chi connectivity index (χ1v) is 6.42. The summed E-state index contributed by atoms with van der Waals surface area (Å²) >= 11 is 2.05. The van der Waals surface area contributed by atoms with E-state index in [-0.39, 0.29) is 11.2 Å². The van der Waals surface area contributed by atoms with Crippen molar-refractivity contribution in [1.29, 1.82) is 0 Å². The average Bonchev–Trinajstić information content (AvgIpc) is 2.85. The Balaban J connectivity index is 2.07. The van der Waals surface area contributed by atoms with E-state index in [0.717, 1.165) is 5.56 Å². The summed E-state index contributed by atoms with van der Waals surface area (Å²) in [5.41, 5.74) is 1.01. The van der Waals surface area contributed by atoms with Crippen LogP contribution >= 0.6 is 22.7 Å². The minimum atomic E-state index is -4.43. The Morgan fingerprint density at radius 1 is 1.35 bits per heavy atom. The Labute approximate surface area is 103 Å². The lowest BCUT2D eigenvalue weighted by molar-refractivity contribution is -0.138. The molecule has 0 radical (unpaired) electrons. The van der Waals surface area contributed by atoms with Gasteiger partial charge in [0, 0.05) is 0 Å². The van der Waals surface area contributed by atoms with Crippen LogP contribution in [0.15, 0.2) is 16.8 Å². The molecule has 1 atom stereocenters. The quantitative estimate of drug-likeness (QED) is 0.928. The third kappa shape index (κ3) is 2.95. The molecule has 0 spiro atoms. The third-order valence-corrected chi connectivity index (χ3v) is 3.65. The van der Waals surface area contributed by atoms with Gasteiger partial charge in [-0.2, -0.15) is 24.5 Å². The standard InChI is InChI=1S/C9H8F3N3S2/c1-5(6-2-3-16-4-6)13-8-15-14-7(17-8)9(10,11)12/h2-5H,1H3,(H,13,15). The summed E-state index contributed by atoms with van der Waals surface area (Å²) in [5, 5.41) is 12.6. The summed E-state index contributed by atoms with van der Waals surface area (Å²) in [6, 6.07) is 1.82. The predicted octanol–water partition coefficient (Wildman–Crippen LogP) is 3.79. The maximum Gasteiger partial charge on any atom is 0.445 e. The second-order valence-electron chi connectivity index (χ2n) is 3.33. The van der Waals surface area contributed by atoms with Gasteiger partial charge in [0.1, 0.15) is 0 Å². The van der Waals surface area contributed by atoms with Crippen LogP contribution in [0.25, 0.3) is 0 Å². The number of thiophene rings is 1. The molecule has 0 saturated heterocycles. The van der Waals surface area contributed by atoms with Gasteiger partial charge in [-0.25, -0.2) is 0 Å². The van der Waals surface area contributed by atoms with Crippen molar-refractivity contribution in [2.24, 2.45) is 0 Å². The Kier molecular flexibility index (Phi) is 3.34. The molecule has 8 heteroatoms. The predicted molar refractivity (Wildman–Crippen MR) is 61.3 cm³/mol. The van der Waals surface area contributed by atoms with E-state index in [1.165, 1.54) is 11.3 Å². The van der Waals surface area contributed by atoms with Gasteiger partial charge in [-0.05, 0) is 29.3 Å². The molecule has 0 aromatic carbocycles. The van der Waals surface area contributed by atoms with Gasteiger partial charge in [0.05, 0.1) is 6.04 Å².